The molecule has 1 aromatic rings. The van der Waals surface area contributed by atoms with Crippen molar-refractivity contribution in [3.8, 4) is 6.07 Å². The van der Waals surface area contributed by atoms with Crippen molar-refractivity contribution in [1.29, 1.82) is 5.26 Å². The van der Waals surface area contributed by atoms with E-state index in [0.29, 0.717) is 6.42 Å². The summed E-state index contributed by atoms with van der Waals surface area (Å²) in [6.45, 7) is 11.6. The van der Waals surface area contributed by atoms with E-state index in [2.05, 4.69) is 53.8 Å². The minimum Gasteiger partial charge on any atom is -0.330 e. The molecule has 0 saturated carbocycles. The number of nitrogens with one attached hydrogen (secondary N) is 1. The van der Waals surface area contributed by atoms with Crippen LogP contribution in [0, 0.1) is 16.7 Å². The second-order valence-electron chi connectivity index (χ2n) is 6.16. The van der Waals surface area contributed by atoms with Crippen molar-refractivity contribution < 1.29 is 0 Å². The Balaban J connectivity index is 0.00000127. The van der Waals surface area contributed by atoms with Gasteiger partial charge in [0.25, 0.3) is 0 Å². The third kappa shape index (κ3) is 6.85. The molecule has 1 N–H and O–H groups in total. The molecule has 23 heavy (non-hydrogen) atoms. The number of hydrogen-bond donors (Lipinski definition) is 1. The topological polar surface area (TPSA) is 39.1 Å². The molecule has 0 unspecified atom stereocenters. The highest BCUT2D eigenvalue weighted by atomic mass is 32.2. The van der Waals surface area contributed by atoms with Gasteiger partial charge in [-0.25, -0.2) is 0 Å². The number of hydrogen-bond acceptors (Lipinski definition) is 4. The van der Waals surface area contributed by atoms with Gasteiger partial charge in [-0.3, -0.25) is 4.90 Å². The van der Waals surface area contributed by atoms with Crippen LogP contribution in [0.2, 0.25) is 0 Å². The second-order valence-corrected chi connectivity index (χ2v) is 7.23. The quantitative estimate of drug-likeness (QED) is 0.716. The average molecular weight is 334 g/mol. The fourth-order valence-electron chi connectivity index (χ4n) is 2.77. The first-order valence-corrected chi connectivity index (χ1v) is 9.70. The Morgan fingerprint density at radius 3 is 2.61 bits per heavy atom. The highest BCUT2D eigenvalue weighted by Crippen LogP contribution is 2.34. The van der Waals surface area contributed by atoms with E-state index in [-0.39, 0.29) is 5.41 Å². The van der Waals surface area contributed by atoms with Gasteiger partial charge in [0.1, 0.15) is 0 Å². The summed E-state index contributed by atoms with van der Waals surface area (Å²) in [6, 6.07) is 11.0. The van der Waals surface area contributed by atoms with E-state index >= 15 is 0 Å². The van der Waals surface area contributed by atoms with Gasteiger partial charge in [0.05, 0.1) is 6.07 Å². The molecule has 1 aliphatic rings. The van der Waals surface area contributed by atoms with Crippen LogP contribution in [0.1, 0.15) is 52.5 Å². The van der Waals surface area contributed by atoms with E-state index in [1.807, 2.05) is 13.8 Å². The van der Waals surface area contributed by atoms with E-state index in [0.717, 1.165) is 38.2 Å². The van der Waals surface area contributed by atoms with Gasteiger partial charge in [-0.05, 0) is 49.0 Å². The van der Waals surface area contributed by atoms with E-state index in [1.54, 1.807) is 11.9 Å². The van der Waals surface area contributed by atoms with Crippen molar-refractivity contribution in [1.82, 2.24) is 4.90 Å². The average Bonchev–Trinajstić information content (AvgIpc) is 2.58. The predicted molar refractivity (Wildman–Crippen MR) is 102 cm³/mol. The van der Waals surface area contributed by atoms with Crippen LogP contribution in [0.15, 0.2) is 24.3 Å². The van der Waals surface area contributed by atoms with Crippen molar-refractivity contribution in [3.05, 3.63) is 29.8 Å². The Morgan fingerprint density at radius 1 is 1.30 bits per heavy atom. The van der Waals surface area contributed by atoms with Gasteiger partial charge in [-0.1, -0.05) is 51.8 Å². The van der Waals surface area contributed by atoms with E-state index in [9.17, 15) is 0 Å². The minimum absolute atomic E-state index is 0.229. The maximum atomic E-state index is 8.91. The second kappa shape index (κ2) is 10.6. The Kier molecular flexibility index (Phi) is 9.13. The molecule has 3 nitrogen and oxygen atoms in total. The van der Waals surface area contributed by atoms with Crippen LogP contribution >= 0.6 is 11.9 Å². The molecule has 0 amide bonds. The summed E-state index contributed by atoms with van der Waals surface area (Å²) in [7, 11) is 0. The maximum Gasteiger partial charge on any atom is 0.0627 e. The summed E-state index contributed by atoms with van der Waals surface area (Å²) < 4.78 is 3.36. The number of nitrogens with zero attached hydrogens (tertiary/aromatic N) is 2. The molecule has 1 aliphatic heterocycles. The Hall–Kier alpha value is -1.18. The fourth-order valence-corrected chi connectivity index (χ4v) is 3.20. The van der Waals surface area contributed by atoms with Crippen LogP contribution in [0.5, 0.6) is 0 Å². The number of benzene rings is 1. The first-order chi connectivity index (χ1) is 11.1. The normalized spacial score (nSPS) is 16.8. The Labute approximate surface area is 146 Å². The molecule has 0 aliphatic carbocycles. The highest BCUT2D eigenvalue weighted by Gasteiger charge is 2.29. The van der Waals surface area contributed by atoms with Crippen molar-refractivity contribution in [2.24, 2.45) is 5.41 Å². The summed E-state index contributed by atoms with van der Waals surface area (Å²) in [4.78, 5) is 2.51. The summed E-state index contributed by atoms with van der Waals surface area (Å²) in [6.07, 6.45) is 2.95. The van der Waals surface area contributed by atoms with Crippen molar-refractivity contribution >= 4 is 17.6 Å². The molecule has 0 atom stereocenters. The van der Waals surface area contributed by atoms with Gasteiger partial charge in [0.15, 0.2) is 0 Å². The van der Waals surface area contributed by atoms with Gasteiger partial charge >= 0.3 is 0 Å². The first-order valence-electron chi connectivity index (χ1n) is 8.71. The van der Waals surface area contributed by atoms with Crippen LogP contribution in [0.3, 0.4) is 0 Å². The number of rotatable bonds is 6. The molecule has 4 heteroatoms. The van der Waals surface area contributed by atoms with Gasteiger partial charge in [-0.15, -0.1) is 0 Å². The Morgan fingerprint density at radius 2 is 2.00 bits per heavy atom. The van der Waals surface area contributed by atoms with Crippen molar-refractivity contribution in [3.63, 3.8) is 0 Å². The fraction of sp³-hybridized carbons (Fsp3) is 0.632. The Bertz CT molecular complexity index is 488. The molecule has 1 aromatic carbocycles. The molecule has 0 spiro atoms. The molecule has 1 saturated heterocycles. The molecule has 2 rings (SSSR count). The molecular formula is C19H31N3S. The lowest BCUT2D eigenvalue weighted by atomic mass is 9.78. The van der Waals surface area contributed by atoms with Crippen LogP contribution in [0.25, 0.3) is 0 Å². The minimum atomic E-state index is 0.229. The molecule has 1 fully saturated rings. The molecule has 0 radical (unpaired) electrons. The number of nitriles is 1. The van der Waals surface area contributed by atoms with E-state index in [4.69, 9.17) is 5.26 Å². The monoisotopic (exact) mass is 333 g/mol. The number of piperidine rings is 1. The highest BCUT2D eigenvalue weighted by molar-refractivity contribution is 8.00. The number of anilines is 1. The molecule has 0 aromatic heterocycles. The van der Waals surface area contributed by atoms with Crippen LogP contribution < -0.4 is 4.72 Å². The molecular weight excluding hydrogens is 302 g/mol. The molecule has 0 bridgehead atoms. The molecule has 1 heterocycles. The third-order valence-corrected chi connectivity index (χ3v) is 4.91. The first kappa shape index (κ1) is 19.9. The zero-order valence-corrected chi connectivity index (χ0v) is 15.9. The van der Waals surface area contributed by atoms with Gasteiger partial charge in [0, 0.05) is 24.4 Å². The maximum absolute atomic E-state index is 8.91. The summed E-state index contributed by atoms with van der Waals surface area (Å²) >= 11 is 1.73. The van der Waals surface area contributed by atoms with Gasteiger partial charge in [0.2, 0.25) is 0 Å². The largest absolute Gasteiger partial charge is 0.330 e. The molecule has 128 valence electrons. The van der Waals surface area contributed by atoms with Gasteiger partial charge in [-0.2, -0.15) is 5.26 Å². The predicted octanol–water partition coefficient (Wildman–Crippen LogP) is 5.31. The van der Waals surface area contributed by atoms with E-state index in [1.165, 1.54) is 11.3 Å². The lowest BCUT2D eigenvalue weighted by Crippen LogP contribution is -2.38. The van der Waals surface area contributed by atoms with Crippen LogP contribution in [-0.4, -0.2) is 23.7 Å². The standard InChI is InChI=1S/C17H25N3S.C2H6/c1-3-21-19-16-6-4-5-15(13-16)14-20-11-8-17(2,7-10-18)9-12-20;1-2/h4-6,13,19H,3,7-9,11-12,14H2,1-2H3;1-2H3. The number of likely N-dealkylation sites (tertiary alicyclic amines) is 1. The SMILES string of the molecule is CC.CCSNc1cccc(CN2CCC(C)(CC#N)CC2)c1. The van der Waals surface area contributed by atoms with Crippen molar-refractivity contribution in [2.75, 3.05) is 23.6 Å². The zero-order valence-electron chi connectivity index (χ0n) is 15.1. The third-order valence-electron chi connectivity index (χ3n) is 4.24. The lowest BCUT2D eigenvalue weighted by molar-refractivity contribution is 0.116. The van der Waals surface area contributed by atoms with Gasteiger partial charge < -0.3 is 4.72 Å². The smallest absolute Gasteiger partial charge is 0.0627 e. The van der Waals surface area contributed by atoms with Crippen molar-refractivity contribution in [2.45, 2.75) is 53.5 Å². The van der Waals surface area contributed by atoms with Crippen LogP contribution in [-0.2, 0) is 6.54 Å². The van der Waals surface area contributed by atoms with Crippen LogP contribution in [0.4, 0.5) is 5.69 Å². The summed E-state index contributed by atoms with van der Waals surface area (Å²) in [5.41, 5.74) is 2.78. The zero-order chi connectivity index (χ0) is 17.1. The summed E-state index contributed by atoms with van der Waals surface area (Å²) in [5, 5.41) is 8.91. The summed E-state index contributed by atoms with van der Waals surface area (Å²) in [5.74, 6) is 1.06. The van der Waals surface area contributed by atoms with E-state index < -0.39 is 0 Å². The lowest BCUT2D eigenvalue weighted by Gasteiger charge is -2.38.